The number of nitrogens with zero attached hydrogens (tertiary/aromatic N) is 2. The molecule has 0 aliphatic carbocycles. The standard InChI is InChI=1S/C27H28ClN3O3/c1-19-6-10-21(11-7-19)27(33)31-16-14-30(15-17-31)26-23(28)4-3-5-24(26)29-25(32)18-20-8-12-22(34-2)13-9-20/h3-13H,14-18H2,1-2H3,(H,29,32). The van der Waals surface area contributed by atoms with Crippen LogP contribution in [0.2, 0.25) is 5.02 Å². The molecule has 0 aromatic heterocycles. The van der Waals surface area contributed by atoms with Crippen molar-refractivity contribution >= 4 is 34.8 Å². The molecule has 34 heavy (non-hydrogen) atoms. The Balaban J connectivity index is 1.42. The number of amides is 2. The number of piperazine rings is 1. The molecule has 0 unspecified atom stereocenters. The van der Waals surface area contributed by atoms with Gasteiger partial charge in [0.15, 0.2) is 0 Å². The highest BCUT2D eigenvalue weighted by Gasteiger charge is 2.25. The quantitative estimate of drug-likeness (QED) is 0.554. The number of ether oxygens (including phenoxy) is 1. The third-order valence-corrected chi connectivity index (χ3v) is 6.27. The van der Waals surface area contributed by atoms with E-state index in [4.69, 9.17) is 16.3 Å². The molecule has 1 fully saturated rings. The van der Waals surface area contributed by atoms with Crippen molar-refractivity contribution in [3.05, 3.63) is 88.4 Å². The Labute approximate surface area is 205 Å². The first-order valence-electron chi connectivity index (χ1n) is 11.3. The van der Waals surface area contributed by atoms with Gasteiger partial charge in [0.1, 0.15) is 5.75 Å². The van der Waals surface area contributed by atoms with E-state index >= 15 is 0 Å². The van der Waals surface area contributed by atoms with Crippen molar-refractivity contribution in [1.29, 1.82) is 0 Å². The highest BCUT2D eigenvalue weighted by Crippen LogP contribution is 2.35. The molecule has 1 aliphatic heterocycles. The highest BCUT2D eigenvalue weighted by molar-refractivity contribution is 6.34. The summed E-state index contributed by atoms with van der Waals surface area (Å²) >= 11 is 6.56. The number of halogens is 1. The molecular weight excluding hydrogens is 450 g/mol. The van der Waals surface area contributed by atoms with Gasteiger partial charge in [-0.2, -0.15) is 0 Å². The maximum Gasteiger partial charge on any atom is 0.253 e. The summed E-state index contributed by atoms with van der Waals surface area (Å²) in [5.41, 5.74) is 4.18. The van der Waals surface area contributed by atoms with Crippen molar-refractivity contribution in [1.82, 2.24) is 4.90 Å². The molecule has 2 amide bonds. The Kier molecular flexibility index (Phi) is 7.38. The lowest BCUT2D eigenvalue weighted by molar-refractivity contribution is -0.115. The second-order valence-corrected chi connectivity index (χ2v) is 8.76. The highest BCUT2D eigenvalue weighted by atomic mass is 35.5. The first-order chi connectivity index (χ1) is 16.4. The lowest BCUT2D eigenvalue weighted by Crippen LogP contribution is -2.49. The minimum atomic E-state index is -0.123. The number of rotatable bonds is 6. The fraction of sp³-hybridized carbons (Fsp3) is 0.259. The van der Waals surface area contributed by atoms with Crippen LogP contribution in [0.4, 0.5) is 11.4 Å². The zero-order chi connectivity index (χ0) is 24.1. The van der Waals surface area contributed by atoms with Gasteiger partial charge in [0.25, 0.3) is 5.91 Å². The van der Waals surface area contributed by atoms with Gasteiger partial charge >= 0.3 is 0 Å². The lowest BCUT2D eigenvalue weighted by atomic mass is 10.1. The van der Waals surface area contributed by atoms with Crippen LogP contribution in [0.3, 0.4) is 0 Å². The van der Waals surface area contributed by atoms with Crippen LogP contribution < -0.4 is 15.0 Å². The summed E-state index contributed by atoms with van der Waals surface area (Å²) in [5, 5.41) is 3.58. The van der Waals surface area contributed by atoms with Crippen LogP contribution in [0.25, 0.3) is 0 Å². The van der Waals surface area contributed by atoms with Gasteiger partial charge in [-0.3, -0.25) is 9.59 Å². The van der Waals surface area contributed by atoms with Gasteiger partial charge in [-0.15, -0.1) is 0 Å². The van der Waals surface area contributed by atoms with E-state index in [1.165, 1.54) is 0 Å². The molecule has 0 spiro atoms. The summed E-state index contributed by atoms with van der Waals surface area (Å²) in [4.78, 5) is 29.6. The number of methoxy groups -OCH3 is 1. The summed E-state index contributed by atoms with van der Waals surface area (Å²) in [7, 11) is 1.61. The van der Waals surface area contributed by atoms with Gasteiger partial charge in [-0.05, 0) is 48.9 Å². The molecular formula is C27H28ClN3O3. The number of hydrogen-bond acceptors (Lipinski definition) is 4. The second-order valence-electron chi connectivity index (χ2n) is 8.35. The van der Waals surface area contributed by atoms with Gasteiger partial charge in [0.05, 0.1) is 29.9 Å². The van der Waals surface area contributed by atoms with Crippen LogP contribution in [-0.4, -0.2) is 50.0 Å². The molecule has 1 heterocycles. The molecule has 0 atom stereocenters. The Hall–Kier alpha value is -3.51. The zero-order valence-electron chi connectivity index (χ0n) is 19.4. The number of aryl methyl sites for hydroxylation is 1. The van der Waals surface area contributed by atoms with E-state index in [0.717, 1.165) is 22.6 Å². The number of anilines is 2. The van der Waals surface area contributed by atoms with E-state index in [2.05, 4.69) is 10.2 Å². The molecule has 176 valence electrons. The predicted molar refractivity (Wildman–Crippen MR) is 136 cm³/mol. The van der Waals surface area contributed by atoms with E-state index in [-0.39, 0.29) is 18.2 Å². The van der Waals surface area contributed by atoms with Gasteiger partial charge < -0.3 is 19.9 Å². The number of para-hydroxylation sites is 1. The molecule has 4 rings (SSSR count). The fourth-order valence-corrected chi connectivity index (χ4v) is 4.37. The van der Waals surface area contributed by atoms with Crippen molar-refractivity contribution in [2.75, 3.05) is 43.5 Å². The van der Waals surface area contributed by atoms with Crippen molar-refractivity contribution in [2.45, 2.75) is 13.3 Å². The fourth-order valence-electron chi connectivity index (χ4n) is 4.07. The number of nitrogens with one attached hydrogen (secondary N) is 1. The summed E-state index contributed by atoms with van der Waals surface area (Å²) in [5.74, 6) is 0.662. The van der Waals surface area contributed by atoms with Gasteiger partial charge in [0.2, 0.25) is 5.91 Å². The third-order valence-electron chi connectivity index (χ3n) is 5.97. The minimum absolute atomic E-state index is 0.0341. The van der Waals surface area contributed by atoms with E-state index in [1.54, 1.807) is 7.11 Å². The number of carbonyl (C=O) groups excluding carboxylic acids is 2. The van der Waals surface area contributed by atoms with Crippen LogP contribution in [0.15, 0.2) is 66.7 Å². The Morgan fingerprint density at radius 2 is 1.62 bits per heavy atom. The van der Waals surface area contributed by atoms with Crippen LogP contribution in [-0.2, 0) is 11.2 Å². The van der Waals surface area contributed by atoms with Crippen molar-refractivity contribution in [2.24, 2.45) is 0 Å². The maximum absolute atomic E-state index is 12.9. The predicted octanol–water partition coefficient (Wildman–Crippen LogP) is 4.80. The number of carbonyl (C=O) groups is 2. The smallest absolute Gasteiger partial charge is 0.253 e. The molecule has 1 N–H and O–H groups in total. The average Bonchev–Trinajstić information content (AvgIpc) is 2.85. The summed E-state index contributed by atoms with van der Waals surface area (Å²) in [6, 6.07) is 20.6. The first-order valence-corrected chi connectivity index (χ1v) is 11.6. The zero-order valence-corrected chi connectivity index (χ0v) is 20.1. The number of benzene rings is 3. The van der Waals surface area contributed by atoms with Gasteiger partial charge in [-0.25, -0.2) is 0 Å². The normalized spacial score (nSPS) is 13.5. The van der Waals surface area contributed by atoms with Crippen LogP contribution in [0.5, 0.6) is 5.75 Å². The van der Waals surface area contributed by atoms with Crippen molar-refractivity contribution < 1.29 is 14.3 Å². The average molecular weight is 478 g/mol. The van der Waals surface area contributed by atoms with Gasteiger partial charge in [-0.1, -0.05) is 47.5 Å². The SMILES string of the molecule is COc1ccc(CC(=O)Nc2cccc(Cl)c2N2CCN(C(=O)c3ccc(C)cc3)CC2)cc1. The third kappa shape index (κ3) is 5.51. The molecule has 7 heteroatoms. The first kappa shape index (κ1) is 23.6. The van der Waals surface area contributed by atoms with E-state index in [9.17, 15) is 9.59 Å². The monoisotopic (exact) mass is 477 g/mol. The van der Waals surface area contributed by atoms with Crippen molar-refractivity contribution in [3.8, 4) is 5.75 Å². The number of hydrogen-bond donors (Lipinski definition) is 1. The molecule has 3 aromatic carbocycles. The topological polar surface area (TPSA) is 61.9 Å². The van der Waals surface area contributed by atoms with E-state index < -0.39 is 0 Å². The minimum Gasteiger partial charge on any atom is -0.497 e. The molecule has 3 aromatic rings. The lowest BCUT2D eigenvalue weighted by Gasteiger charge is -2.37. The van der Waals surface area contributed by atoms with Crippen molar-refractivity contribution in [3.63, 3.8) is 0 Å². The molecule has 0 radical (unpaired) electrons. The largest absolute Gasteiger partial charge is 0.497 e. The summed E-state index contributed by atoms with van der Waals surface area (Å²) in [6.07, 6.45) is 0.245. The van der Waals surface area contributed by atoms with E-state index in [0.29, 0.717) is 42.5 Å². The molecule has 0 saturated carbocycles. The Morgan fingerprint density at radius 1 is 0.941 bits per heavy atom. The Morgan fingerprint density at radius 3 is 2.26 bits per heavy atom. The van der Waals surface area contributed by atoms with Crippen LogP contribution in [0.1, 0.15) is 21.5 Å². The second kappa shape index (κ2) is 10.6. The summed E-state index contributed by atoms with van der Waals surface area (Å²) < 4.78 is 5.17. The van der Waals surface area contributed by atoms with Crippen LogP contribution >= 0.6 is 11.6 Å². The summed E-state index contributed by atoms with van der Waals surface area (Å²) in [6.45, 7) is 4.42. The van der Waals surface area contributed by atoms with E-state index in [1.807, 2.05) is 78.6 Å². The molecule has 1 aliphatic rings. The maximum atomic E-state index is 12.9. The molecule has 1 saturated heterocycles. The van der Waals surface area contributed by atoms with Gasteiger partial charge in [0, 0.05) is 31.7 Å². The van der Waals surface area contributed by atoms with Crippen LogP contribution in [0, 0.1) is 6.92 Å². The molecule has 6 nitrogen and oxygen atoms in total. The molecule has 0 bridgehead atoms. The Bertz CT molecular complexity index is 1150.